The van der Waals surface area contributed by atoms with E-state index in [9.17, 15) is 9.59 Å². The number of nitrogens with zero attached hydrogens (tertiary/aromatic N) is 2. The first-order chi connectivity index (χ1) is 19.3. The van der Waals surface area contributed by atoms with Crippen LogP contribution in [0.1, 0.15) is 56.8 Å². The largest absolute Gasteiger partial charge is 0.367 e. The molecule has 3 N–H and O–H groups in total. The van der Waals surface area contributed by atoms with Gasteiger partial charge in [0.1, 0.15) is 5.82 Å². The van der Waals surface area contributed by atoms with Gasteiger partial charge in [-0.2, -0.15) is 0 Å². The van der Waals surface area contributed by atoms with Gasteiger partial charge in [0, 0.05) is 35.5 Å². The highest BCUT2D eigenvalue weighted by Gasteiger charge is 2.21. The van der Waals surface area contributed by atoms with Crippen molar-refractivity contribution < 1.29 is 14.0 Å². The molecule has 200 valence electrons. The number of carbonyl (C=O) groups excluding carboxylic acids is 2. The molecule has 40 heavy (non-hydrogen) atoms. The minimum Gasteiger partial charge on any atom is -0.367 e. The van der Waals surface area contributed by atoms with Gasteiger partial charge >= 0.3 is 0 Å². The van der Waals surface area contributed by atoms with E-state index >= 15 is 4.39 Å². The van der Waals surface area contributed by atoms with Crippen LogP contribution in [0.15, 0.2) is 84.9 Å². The molecule has 1 aliphatic heterocycles. The molecule has 0 saturated heterocycles. The molecule has 1 aliphatic rings. The van der Waals surface area contributed by atoms with Gasteiger partial charge in [-0.15, -0.1) is 0 Å². The molecule has 4 aromatic carbocycles. The van der Waals surface area contributed by atoms with Gasteiger partial charge < -0.3 is 16.0 Å². The summed E-state index contributed by atoms with van der Waals surface area (Å²) in [6, 6.07) is 24.6. The molecule has 0 fully saturated rings. The summed E-state index contributed by atoms with van der Waals surface area (Å²) in [5.41, 5.74) is 11.7. The van der Waals surface area contributed by atoms with Crippen LogP contribution in [0.2, 0.25) is 0 Å². The number of aryl methyl sites for hydroxylation is 1. The number of primary amides is 1. The normalized spacial score (nSPS) is 13.2. The highest BCUT2D eigenvalue weighted by atomic mass is 19.1. The molecular weight excluding hydrogens is 503 g/mol. The summed E-state index contributed by atoms with van der Waals surface area (Å²) in [5, 5.41) is 3.04. The molecule has 0 spiro atoms. The van der Waals surface area contributed by atoms with E-state index in [-0.39, 0.29) is 17.8 Å². The molecule has 0 bridgehead atoms. The van der Waals surface area contributed by atoms with Gasteiger partial charge in [-0.3, -0.25) is 9.59 Å². The van der Waals surface area contributed by atoms with Crippen LogP contribution in [-0.4, -0.2) is 18.4 Å². The van der Waals surface area contributed by atoms with Crippen molar-refractivity contribution in [2.24, 2.45) is 5.73 Å². The number of amides is 2. The standard InChI is InChI=1S/C33H29FN4O2/c1-21(22-11-14-27(36-2)15-12-22)37-33(40)25-13-16-31-24(18-25)6-5-17-38(31)20-26-10-9-23(19-30(26)34)28-7-3-4-8-29(28)32(35)39/h3-4,7-16,18-19,21H,5-6,17,20H2,1H3,(H2,35,39)(H,37,40)/t21-/m0/s1. The lowest BCUT2D eigenvalue weighted by atomic mass is 9.96. The topological polar surface area (TPSA) is 79.8 Å². The van der Waals surface area contributed by atoms with Crippen LogP contribution >= 0.6 is 0 Å². The van der Waals surface area contributed by atoms with E-state index in [1.807, 2.05) is 43.3 Å². The van der Waals surface area contributed by atoms with Gasteiger partial charge in [-0.25, -0.2) is 9.24 Å². The summed E-state index contributed by atoms with van der Waals surface area (Å²) < 4.78 is 15.3. The van der Waals surface area contributed by atoms with Crippen LogP contribution in [0.25, 0.3) is 16.0 Å². The molecule has 1 heterocycles. The fraction of sp³-hybridized carbons (Fsp3) is 0.182. The summed E-state index contributed by atoms with van der Waals surface area (Å²) in [7, 11) is 0. The zero-order valence-corrected chi connectivity index (χ0v) is 22.2. The Bertz CT molecular complexity index is 1620. The first kappa shape index (κ1) is 26.6. The number of halogens is 1. The lowest BCUT2D eigenvalue weighted by molar-refractivity contribution is 0.0938. The number of rotatable bonds is 7. The van der Waals surface area contributed by atoms with Crippen molar-refractivity contribution in [1.82, 2.24) is 5.32 Å². The number of nitrogens with two attached hydrogens (primary N) is 1. The molecule has 0 radical (unpaired) electrons. The van der Waals surface area contributed by atoms with E-state index in [0.717, 1.165) is 36.2 Å². The van der Waals surface area contributed by atoms with Crippen molar-refractivity contribution in [3.63, 3.8) is 0 Å². The molecule has 6 nitrogen and oxygen atoms in total. The van der Waals surface area contributed by atoms with Crippen LogP contribution in [-0.2, 0) is 13.0 Å². The molecule has 0 aromatic heterocycles. The predicted octanol–water partition coefficient (Wildman–Crippen LogP) is 6.59. The zero-order chi connectivity index (χ0) is 28.2. The molecule has 0 saturated carbocycles. The van der Waals surface area contributed by atoms with E-state index in [0.29, 0.717) is 40.0 Å². The lowest BCUT2D eigenvalue weighted by Gasteiger charge is -2.32. The Morgan fingerprint density at radius 2 is 1.82 bits per heavy atom. The Labute approximate surface area is 233 Å². The van der Waals surface area contributed by atoms with Crippen molar-refractivity contribution in [1.29, 1.82) is 0 Å². The number of hydrogen-bond acceptors (Lipinski definition) is 3. The molecule has 5 rings (SSSR count). The SMILES string of the molecule is [C-]#[N+]c1ccc([C@H](C)NC(=O)c2ccc3c(c2)CCCN3Cc2ccc(-c3ccccc3C(N)=O)cc2F)cc1. The van der Waals surface area contributed by atoms with Crippen LogP contribution in [0.4, 0.5) is 15.8 Å². The van der Waals surface area contributed by atoms with Gasteiger partial charge in [0.15, 0.2) is 5.69 Å². The highest BCUT2D eigenvalue weighted by Crippen LogP contribution is 2.31. The molecular formula is C33H29FN4O2. The Morgan fingerprint density at radius 1 is 1.05 bits per heavy atom. The monoisotopic (exact) mass is 532 g/mol. The maximum atomic E-state index is 15.3. The number of nitrogens with one attached hydrogen (secondary N) is 1. The predicted molar refractivity (Wildman–Crippen MR) is 155 cm³/mol. The Kier molecular flexibility index (Phi) is 7.61. The van der Waals surface area contributed by atoms with E-state index in [1.54, 1.807) is 42.5 Å². The summed E-state index contributed by atoms with van der Waals surface area (Å²) in [6.07, 6.45) is 1.74. The van der Waals surface area contributed by atoms with Crippen molar-refractivity contribution >= 4 is 23.2 Å². The van der Waals surface area contributed by atoms with Crippen molar-refractivity contribution in [3.05, 3.63) is 130 Å². The lowest BCUT2D eigenvalue weighted by Crippen LogP contribution is -2.30. The third kappa shape index (κ3) is 5.57. The highest BCUT2D eigenvalue weighted by molar-refractivity contribution is 5.99. The molecule has 4 aromatic rings. The van der Waals surface area contributed by atoms with Crippen LogP contribution < -0.4 is 16.0 Å². The first-order valence-electron chi connectivity index (χ1n) is 13.2. The van der Waals surface area contributed by atoms with Crippen molar-refractivity contribution in [2.75, 3.05) is 11.4 Å². The van der Waals surface area contributed by atoms with Gasteiger partial charge in [0.25, 0.3) is 5.91 Å². The van der Waals surface area contributed by atoms with E-state index in [2.05, 4.69) is 15.1 Å². The number of carbonyl (C=O) groups is 2. The van der Waals surface area contributed by atoms with E-state index < -0.39 is 5.91 Å². The van der Waals surface area contributed by atoms with Gasteiger partial charge in [-0.05, 0) is 72.4 Å². The fourth-order valence-corrected chi connectivity index (χ4v) is 5.18. The van der Waals surface area contributed by atoms with Gasteiger partial charge in [-0.1, -0.05) is 54.6 Å². The molecule has 2 amide bonds. The summed E-state index contributed by atoms with van der Waals surface area (Å²) in [6.45, 7) is 10.2. The Hall–Kier alpha value is -4.96. The zero-order valence-electron chi connectivity index (χ0n) is 22.2. The van der Waals surface area contributed by atoms with Crippen LogP contribution in [0.5, 0.6) is 0 Å². The average Bonchev–Trinajstić information content (AvgIpc) is 2.98. The Morgan fingerprint density at radius 3 is 2.55 bits per heavy atom. The molecule has 0 unspecified atom stereocenters. The second-order valence-corrected chi connectivity index (χ2v) is 9.98. The average molecular weight is 533 g/mol. The minimum atomic E-state index is -0.553. The van der Waals surface area contributed by atoms with Crippen LogP contribution in [0, 0.1) is 12.4 Å². The second kappa shape index (κ2) is 11.4. The molecule has 0 aliphatic carbocycles. The van der Waals surface area contributed by atoms with E-state index in [1.165, 1.54) is 6.07 Å². The number of benzene rings is 4. The third-order valence-electron chi connectivity index (χ3n) is 7.34. The van der Waals surface area contributed by atoms with Crippen molar-refractivity contribution in [2.45, 2.75) is 32.4 Å². The first-order valence-corrected chi connectivity index (χ1v) is 13.2. The maximum Gasteiger partial charge on any atom is 0.251 e. The third-order valence-corrected chi connectivity index (χ3v) is 7.34. The van der Waals surface area contributed by atoms with E-state index in [4.69, 9.17) is 12.3 Å². The van der Waals surface area contributed by atoms with Gasteiger partial charge in [0.05, 0.1) is 12.6 Å². The fourth-order valence-electron chi connectivity index (χ4n) is 5.18. The van der Waals surface area contributed by atoms with Crippen LogP contribution in [0.3, 0.4) is 0 Å². The summed E-state index contributed by atoms with van der Waals surface area (Å²) in [4.78, 5) is 30.4. The quantitative estimate of drug-likeness (QED) is 0.264. The van der Waals surface area contributed by atoms with Crippen molar-refractivity contribution in [3.8, 4) is 11.1 Å². The molecule has 1 atom stereocenters. The number of fused-ring (bicyclic) bond motifs is 1. The summed E-state index contributed by atoms with van der Waals surface area (Å²) >= 11 is 0. The smallest absolute Gasteiger partial charge is 0.251 e. The maximum absolute atomic E-state index is 15.3. The Balaban J connectivity index is 1.31. The van der Waals surface area contributed by atoms with Gasteiger partial charge in [0.2, 0.25) is 5.91 Å². The second-order valence-electron chi connectivity index (χ2n) is 9.98. The number of anilines is 1. The summed E-state index contributed by atoms with van der Waals surface area (Å²) in [5.74, 6) is -1.07. The minimum absolute atomic E-state index is 0.167. The number of hydrogen-bond donors (Lipinski definition) is 2. The molecule has 7 heteroatoms.